The molecule has 5 nitrogen and oxygen atoms in total. The van der Waals surface area contributed by atoms with E-state index in [2.05, 4.69) is 33.2 Å². The first-order chi connectivity index (χ1) is 12.2. The maximum Gasteiger partial charge on any atom is 0.128 e. The number of hydrogen-bond acceptors (Lipinski definition) is 6. The van der Waals surface area contributed by atoms with Crippen LogP contribution in [0.3, 0.4) is 0 Å². The topological polar surface area (TPSA) is 59.8 Å². The van der Waals surface area contributed by atoms with Crippen molar-refractivity contribution in [1.82, 2.24) is 9.88 Å². The summed E-state index contributed by atoms with van der Waals surface area (Å²) in [6, 6.07) is 4.29. The fourth-order valence-corrected chi connectivity index (χ4v) is 4.58. The molecule has 3 heterocycles. The van der Waals surface area contributed by atoms with Crippen molar-refractivity contribution in [1.29, 1.82) is 0 Å². The van der Waals surface area contributed by atoms with Crippen LogP contribution in [0.15, 0.2) is 18.3 Å². The number of aromatic nitrogens is 1. The summed E-state index contributed by atoms with van der Waals surface area (Å²) in [5.74, 6) is 3.32. The van der Waals surface area contributed by atoms with Gasteiger partial charge >= 0.3 is 0 Å². The van der Waals surface area contributed by atoms with E-state index in [0.717, 1.165) is 57.1 Å². The van der Waals surface area contributed by atoms with Crippen molar-refractivity contribution in [2.75, 3.05) is 57.1 Å². The molecule has 2 aliphatic heterocycles. The summed E-state index contributed by atoms with van der Waals surface area (Å²) < 4.78 is 0. The van der Waals surface area contributed by atoms with E-state index in [9.17, 15) is 10.2 Å². The lowest BCUT2D eigenvalue weighted by Crippen LogP contribution is -2.40. The Hall–Kier alpha value is -0.820. The van der Waals surface area contributed by atoms with Gasteiger partial charge in [0, 0.05) is 50.7 Å². The van der Waals surface area contributed by atoms with Gasteiger partial charge in [-0.25, -0.2) is 4.98 Å². The van der Waals surface area contributed by atoms with Gasteiger partial charge in [-0.2, -0.15) is 11.8 Å². The molecule has 140 valence electrons. The molecule has 0 aromatic carbocycles. The molecule has 0 spiro atoms. The number of likely N-dealkylation sites (tertiary alicyclic amines) is 1. The fraction of sp³-hybridized carbons (Fsp3) is 0.737. The monoisotopic (exact) mass is 365 g/mol. The van der Waals surface area contributed by atoms with Crippen LogP contribution in [-0.4, -0.2) is 72.3 Å². The second-order valence-corrected chi connectivity index (χ2v) is 8.36. The molecule has 2 saturated heterocycles. The third-order valence-electron chi connectivity index (χ3n) is 5.71. The van der Waals surface area contributed by atoms with Gasteiger partial charge in [-0.3, -0.25) is 0 Å². The third-order valence-corrected chi connectivity index (χ3v) is 6.34. The quantitative estimate of drug-likeness (QED) is 0.767. The Morgan fingerprint density at radius 1 is 1.12 bits per heavy atom. The summed E-state index contributed by atoms with van der Waals surface area (Å²) in [5, 5.41) is 19.1. The number of aliphatic hydroxyl groups is 2. The molecule has 0 unspecified atom stereocenters. The van der Waals surface area contributed by atoms with Gasteiger partial charge in [0.2, 0.25) is 0 Å². The first kappa shape index (κ1) is 19.0. The van der Waals surface area contributed by atoms with Crippen LogP contribution in [0.2, 0.25) is 0 Å². The summed E-state index contributed by atoms with van der Waals surface area (Å²) in [5.41, 5.74) is 1.26. The highest BCUT2D eigenvalue weighted by Gasteiger charge is 2.34. The molecule has 0 bridgehead atoms. The van der Waals surface area contributed by atoms with Crippen LogP contribution < -0.4 is 4.90 Å². The number of nitrogens with zero attached hydrogens (tertiary/aromatic N) is 3. The van der Waals surface area contributed by atoms with Gasteiger partial charge in [-0.15, -0.1) is 0 Å². The standard InChI is InChI=1S/C19H31N3O2S/c1-25-14-16-2-3-19(20-8-16)22-10-17(18(11-22)13-24)9-21-6-4-15(12-23)5-7-21/h2-3,8,15,17-18,23-24H,4-7,9-14H2,1H3/t17-,18-/m1/s1. The predicted octanol–water partition coefficient (Wildman–Crippen LogP) is 1.69. The van der Waals surface area contributed by atoms with E-state index in [4.69, 9.17) is 0 Å². The largest absolute Gasteiger partial charge is 0.396 e. The summed E-state index contributed by atoms with van der Waals surface area (Å²) in [7, 11) is 0. The van der Waals surface area contributed by atoms with Gasteiger partial charge in [-0.1, -0.05) is 6.07 Å². The zero-order valence-corrected chi connectivity index (χ0v) is 16.0. The van der Waals surface area contributed by atoms with Gasteiger partial charge in [0.15, 0.2) is 0 Å². The summed E-state index contributed by atoms with van der Waals surface area (Å²) in [4.78, 5) is 9.48. The van der Waals surface area contributed by atoms with Gasteiger partial charge in [0.25, 0.3) is 0 Å². The van der Waals surface area contributed by atoms with Gasteiger partial charge in [0.05, 0.1) is 0 Å². The lowest BCUT2D eigenvalue weighted by molar-refractivity contribution is 0.106. The van der Waals surface area contributed by atoms with E-state index in [0.29, 0.717) is 24.4 Å². The van der Waals surface area contributed by atoms with Gasteiger partial charge in [0.1, 0.15) is 5.82 Å². The lowest BCUT2D eigenvalue weighted by atomic mass is 9.93. The minimum Gasteiger partial charge on any atom is -0.396 e. The highest BCUT2D eigenvalue weighted by molar-refractivity contribution is 7.97. The van der Waals surface area contributed by atoms with E-state index in [1.165, 1.54) is 5.56 Å². The van der Waals surface area contributed by atoms with Crippen molar-refractivity contribution < 1.29 is 10.2 Å². The molecule has 2 atom stereocenters. The molecular weight excluding hydrogens is 334 g/mol. The predicted molar refractivity (Wildman–Crippen MR) is 104 cm³/mol. The minimum atomic E-state index is 0.249. The summed E-state index contributed by atoms with van der Waals surface area (Å²) in [6.45, 7) is 5.62. The van der Waals surface area contributed by atoms with E-state index >= 15 is 0 Å². The minimum absolute atomic E-state index is 0.249. The zero-order chi connectivity index (χ0) is 17.6. The van der Waals surface area contributed by atoms with E-state index < -0.39 is 0 Å². The molecular formula is C19H31N3O2S. The van der Waals surface area contributed by atoms with Crippen LogP contribution in [0.5, 0.6) is 0 Å². The fourth-order valence-electron chi connectivity index (χ4n) is 4.08. The molecule has 0 radical (unpaired) electrons. The van der Waals surface area contributed by atoms with Crippen molar-refractivity contribution in [3.63, 3.8) is 0 Å². The first-order valence-corrected chi connectivity index (χ1v) is 10.8. The molecule has 0 amide bonds. The average molecular weight is 366 g/mol. The van der Waals surface area contributed by atoms with Crippen LogP contribution in [0.1, 0.15) is 18.4 Å². The summed E-state index contributed by atoms with van der Waals surface area (Å²) >= 11 is 1.81. The Morgan fingerprint density at radius 2 is 1.88 bits per heavy atom. The zero-order valence-electron chi connectivity index (χ0n) is 15.2. The highest BCUT2D eigenvalue weighted by Crippen LogP contribution is 2.29. The van der Waals surface area contributed by atoms with Crippen LogP contribution in [-0.2, 0) is 5.75 Å². The molecule has 2 aliphatic rings. The molecule has 25 heavy (non-hydrogen) atoms. The van der Waals surface area contributed by atoms with Crippen LogP contribution >= 0.6 is 11.8 Å². The van der Waals surface area contributed by atoms with Crippen molar-refractivity contribution >= 4 is 17.6 Å². The molecule has 1 aromatic heterocycles. The number of piperidine rings is 1. The lowest BCUT2D eigenvalue weighted by Gasteiger charge is -2.33. The second-order valence-electron chi connectivity index (χ2n) is 7.49. The number of rotatable bonds is 7. The molecule has 3 rings (SSSR count). The van der Waals surface area contributed by atoms with Crippen LogP contribution in [0.4, 0.5) is 5.82 Å². The molecule has 0 aliphatic carbocycles. The smallest absolute Gasteiger partial charge is 0.128 e. The van der Waals surface area contributed by atoms with Crippen LogP contribution in [0, 0.1) is 17.8 Å². The SMILES string of the molecule is CSCc1ccc(N2C[C@@H](CN3CCC(CO)CC3)[C@@H](CO)C2)nc1. The average Bonchev–Trinajstić information content (AvgIpc) is 3.06. The number of hydrogen-bond donors (Lipinski definition) is 2. The van der Waals surface area contributed by atoms with E-state index in [1.54, 1.807) is 0 Å². The molecule has 1 aromatic rings. The molecule has 2 N–H and O–H groups in total. The Labute approximate surface area is 155 Å². The van der Waals surface area contributed by atoms with Crippen molar-refractivity contribution in [2.24, 2.45) is 17.8 Å². The van der Waals surface area contributed by atoms with Crippen molar-refractivity contribution in [3.05, 3.63) is 23.9 Å². The Bertz CT molecular complexity index is 520. The Morgan fingerprint density at radius 3 is 2.48 bits per heavy atom. The maximum absolute atomic E-state index is 9.82. The van der Waals surface area contributed by atoms with E-state index in [1.807, 2.05) is 18.0 Å². The first-order valence-electron chi connectivity index (χ1n) is 9.36. The molecule has 0 saturated carbocycles. The maximum atomic E-state index is 9.82. The second kappa shape index (κ2) is 9.21. The van der Waals surface area contributed by atoms with E-state index in [-0.39, 0.29) is 6.61 Å². The van der Waals surface area contributed by atoms with Crippen molar-refractivity contribution in [3.8, 4) is 0 Å². The third kappa shape index (κ3) is 4.88. The van der Waals surface area contributed by atoms with Crippen molar-refractivity contribution in [2.45, 2.75) is 18.6 Å². The Kier molecular flexibility index (Phi) is 6.99. The number of pyridine rings is 1. The highest BCUT2D eigenvalue weighted by atomic mass is 32.2. The number of anilines is 1. The summed E-state index contributed by atoms with van der Waals surface area (Å²) in [6.07, 6.45) is 6.27. The number of aliphatic hydroxyl groups excluding tert-OH is 2. The van der Waals surface area contributed by atoms with Gasteiger partial charge < -0.3 is 20.0 Å². The molecule has 6 heteroatoms. The van der Waals surface area contributed by atoms with Crippen LogP contribution in [0.25, 0.3) is 0 Å². The number of thioether (sulfide) groups is 1. The molecule has 2 fully saturated rings. The normalized spacial score (nSPS) is 25.6. The van der Waals surface area contributed by atoms with Gasteiger partial charge in [-0.05, 0) is 55.7 Å². The Balaban J connectivity index is 1.56.